The maximum atomic E-state index is 4.68. The van der Waals surface area contributed by atoms with E-state index in [4.69, 9.17) is 0 Å². The van der Waals surface area contributed by atoms with Gasteiger partial charge in [0, 0.05) is 36.7 Å². The fourth-order valence-electron chi connectivity index (χ4n) is 4.03. The third-order valence-corrected chi connectivity index (χ3v) is 5.40. The lowest BCUT2D eigenvalue weighted by Gasteiger charge is -2.28. The van der Waals surface area contributed by atoms with Crippen LogP contribution in [0.3, 0.4) is 0 Å². The maximum Gasteiger partial charge on any atom is 0.125 e. The molecule has 4 heteroatoms. The van der Waals surface area contributed by atoms with Gasteiger partial charge in [0.05, 0.1) is 11.4 Å². The second-order valence-corrected chi connectivity index (χ2v) is 7.24. The zero-order valence-corrected chi connectivity index (χ0v) is 15.4. The van der Waals surface area contributed by atoms with E-state index in [0.29, 0.717) is 0 Å². The molecule has 1 N–H and O–H groups in total. The molecule has 0 aliphatic carbocycles. The molecule has 0 spiro atoms. The van der Waals surface area contributed by atoms with Gasteiger partial charge in [-0.25, -0.2) is 9.97 Å². The second-order valence-electron chi connectivity index (χ2n) is 7.24. The van der Waals surface area contributed by atoms with E-state index in [2.05, 4.69) is 74.4 Å². The van der Waals surface area contributed by atoms with Crippen LogP contribution < -0.4 is 0 Å². The number of aromatic nitrogens is 3. The minimum absolute atomic E-state index is 0.854. The monoisotopic (exact) mass is 354 g/mol. The molecule has 0 fully saturated rings. The standard InChI is InChI=1S/C23H22N4/c1-16-24-13-18-11-12-27(15-22(18)25-16)14-20-19-9-5-6-10-21(19)26-23(20)17-7-3-2-4-8-17/h2-10,13,26H,11-12,14-15H2,1H3. The summed E-state index contributed by atoms with van der Waals surface area (Å²) in [4.78, 5) is 15.2. The number of fused-ring (bicyclic) bond motifs is 2. The van der Waals surface area contributed by atoms with Crippen LogP contribution in [0.15, 0.2) is 60.8 Å². The molecule has 5 rings (SSSR count). The lowest BCUT2D eigenvalue weighted by atomic mass is 10.0. The van der Waals surface area contributed by atoms with Gasteiger partial charge in [-0.1, -0.05) is 48.5 Å². The van der Waals surface area contributed by atoms with E-state index in [1.54, 1.807) is 0 Å². The third-order valence-electron chi connectivity index (χ3n) is 5.40. The van der Waals surface area contributed by atoms with Crippen molar-refractivity contribution >= 4 is 10.9 Å². The molecular weight excluding hydrogens is 332 g/mol. The quantitative estimate of drug-likeness (QED) is 0.589. The highest BCUT2D eigenvalue weighted by molar-refractivity contribution is 5.90. The number of para-hydroxylation sites is 1. The zero-order valence-electron chi connectivity index (χ0n) is 15.4. The molecule has 0 unspecified atom stereocenters. The Morgan fingerprint density at radius 3 is 2.74 bits per heavy atom. The van der Waals surface area contributed by atoms with Crippen molar-refractivity contribution in [2.24, 2.45) is 0 Å². The number of aromatic amines is 1. The van der Waals surface area contributed by atoms with E-state index in [1.165, 1.54) is 39.0 Å². The van der Waals surface area contributed by atoms with Gasteiger partial charge in [0.2, 0.25) is 0 Å². The number of nitrogens with zero attached hydrogens (tertiary/aromatic N) is 3. The van der Waals surface area contributed by atoms with Gasteiger partial charge in [0.1, 0.15) is 5.82 Å². The Balaban J connectivity index is 1.53. The molecular formula is C23H22N4. The Morgan fingerprint density at radius 1 is 1.04 bits per heavy atom. The molecule has 0 atom stereocenters. The molecule has 1 aliphatic heterocycles. The van der Waals surface area contributed by atoms with Crippen LogP contribution in [-0.4, -0.2) is 26.4 Å². The predicted octanol–water partition coefficient (Wildman–Crippen LogP) is 4.49. The average molecular weight is 354 g/mol. The minimum Gasteiger partial charge on any atom is -0.354 e. The number of rotatable bonds is 3. The summed E-state index contributed by atoms with van der Waals surface area (Å²) in [6.07, 6.45) is 3.01. The number of hydrogen-bond donors (Lipinski definition) is 1. The van der Waals surface area contributed by atoms with Crippen molar-refractivity contribution in [3.8, 4) is 11.3 Å². The molecule has 0 bridgehead atoms. The van der Waals surface area contributed by atoms with Crippen molar-refractivity contribution in [1.82, 2.24) is 19.9 Å². The number of hydrogen-bond acceptors (Lipinski definition) is 3. The van der Waals surface area contributed by atoms with Gasteiger partial charge >= 0.3 is 0 Å². The maximum absolute atomic E-state index is 4.68. The van der Waals surface area contributed by atoms with E-state index in [0.717, 1.165) is 31.9 Å². The summed E-state index contributed by atoms with van der Waals surface area (Å²) in [5.41, 5.74) is 7.49. The molecule has 0 radical (unpaired) electrons. The first-order chi connectivity index (χ1) is 13.3. The van der Waals surface area contributed by atoms with Gasteiger partial charge in [0.15, 0.2) is 0 Å². The third kappa shape index (κ3) is 3.02. The number of benzene rings is 2. The van der Waals surface area contributed by atoms with Crippen molar-refractivity contribution in [3.63, 3.8) is 0 Å². The Hall–Kier alpha value is -2.98. The average Bonchev–Trinajstić information content (AvgIpc) is 3.07. The normalized spacial score (nSPS) is 14.4. The molecule has 27 heavy (non-hydrogen) atoms. The van der Waals surface area contributed by atoms with Crippen molar-refractivity contribution in [2.75, 3.05) is 6.54 Å². The van der Waals surface area contributed by atoms with Gasteiger partial charge in [0.25, 0.3) is 0 Å². The van der Waals surface area contributed by atoms with E-state index < -0.39 is 0 Å². The van der Waals surface area contributed by atoms with Gasteiger partial charge in [-0.3, -0.25) is 4.90 Å². The first-order valence-corrected chi connectivity index (χ1v) is 9.47. The second kappa shape index (κ2) is 6.63. The molecule has 3 heterocycles. The molecule has 134 valence electrons. The van der Waals surface area contributed by atoms with Crippen LogP contribution in [0.2, 0.25) is 0 Å². The Morgan fingerprint density at radius 2 is 1.85 bits per heavy atom. The van der Waals surface area contributed by atoms with Crippen molar-refractivity contribution in [2.45, 2.75) is 26.4 Å². The molecule has 0 amide bonds. The zero-order chi connectivity index (χ0) is 18.2. The molecule has 4 aromatic rings. The lowest BCUT2D eigenvalue weighted by molar-refractivity contribution is 0.242. The Labute approximate surface area is 158 Å². The van der Waals surface area contributed by atoms with Crippen LogP contribution in [0, 0.1) is 6.92 Å². The SMILES string of the molecule is Cc1ncc2c(n1)CN(Cc1c(-c3ccccc3)[nH]c3ccccc13)CC2. The summed E-state index contributed by atoms with van der Waals surface area (Å²) in [6.45, 7) is 4.79. The summed E-state index contributed by atoms with van der Waals surface area (Å²) < 4.78 is 0. The van der Waals surface area contributed by atoms with Crippen LogP contribution in [0.4, 0.5) is 0 Å². The summed E-state index contributed by atoms with van der Waals surface area (Å²) >= 11 is 0. The van der Waals surface area contributed by atoms with Crippen molar-refractivity contribution < 1.29 is 0 Å². The number of nitrogens with one attached hydrogen (secondary N) is 1. The van der Waals surface area contributed by atoms with Crippen LogP contribution in [0.5, 0.6) is 0 Å². The van der Waals surface area contributed by atoms with E-state index in [1.807, 2.05) is 13.1 Å². The Bertz CT molecular complexity index is 1100. The summed E-state index contributed by atoms with van der Waals surface area (Å²) in [7, 11) is 0. The smallest absolute Gasteiger partial charge is 0.125 e. The molecule has 0 saturated carbocycles. The minimum atomic E-state index is 0.854. The van der Waals surface area contributed by atoms with Gasteiger partial charge in [-0.15, -0.1) is 0 Å². The fourth-order valence-corrected chi connectivity index (χ4v) is 4.03. The predicted molar refractivity (Wildman–Crippen MR) is 108 cm³/mol. The molecule has 0 saturated heterocycles. The number of aryl methyl sites for hydroxylation is 1. The molecule has 2 aromatic carbocycles. The van der Waals surface area contributed by atoms with Gasteiger partial charge in [-0.2, -0.15) is 0 Å². The number of H-pyrrole nitrogens is 1. The van der Waals surface area contributed by atoms with E-state index >= 15 is 0 Å². The summed E-state index contributed by atoms with van der Waals surface area (Å²) in [6, 6.07) is 19.2. The highest BCUT2D eigenvalue weighted by atomic mass is 15.1. The van der Waals surface area contributed by atoms with E-state index in [9.17, 15) is 0 Å². The van der Waals surface area contributed by atoms with Crippen LogP contribution in [0.1, 0.15) is 22.6 Å². The molecule has 4 nitrogen and oxygen atoms in total. The first kappa shape index (κ1) is 16.2. The van der Waals surface area contributed by atoms with Crippen molar-refractivity contribution in [1.29, 1.82) is 0 Å². The molecule has 1 aliphatic rings. The molecule has 2 aromatic heterocycles. The highest BCUT2D eigenvalue weighted by Crippen LogP contribution is 2.32. The summed E-state index contributed by atoms with van der Waals surface area (Å²) in [5.74, 6) is 0.854. The van der Waals surface area contributed by atoms with Gasteiger partial charge < -0.3 is 4.98 Å². The van der Waals surface area contributed by atoms with Crippen LogP contribution >= 0.6 is 0 Å². The van der Waals surface area contributed by atoms with Gasteiger partial charge in [-0.05, 0) is 36.1 Å². The van der Waals surface area contributed by atoms with Crippen LogP contribution in [-0.2, 0) is 19.5 Å². The topological polar surface area (TPSA) is 44.8 Å². The van der Waals surface area contributed by atoms with Crippen molar-refractivity contribution in [3.05, 3.63) is 83.4 Å². The van der Waals surface area contributed by atoms with E-state index in [-0.39, 0.29) is 0 Å². The Kier molecular flexibility index (Phi) is 3.98. The van der Waals surface area contributed by atoms with Crippen LogP contribution in [0.25, 0.3) is 22.2 Å². The first-order valence-electron chi connectivity index (χ1n) is 9.47. The lowest BCUT2D eigenvalue weighted by Crippen LogP contribution is -2.31. The highest BCUT2D eigenvalue weighted by Gasteiger charge is 2.21. The summed E-state index contributed by atoms with van der Waals surface area (Å²) in [5, 5.41) is 1.31. The fraction of sp³-hybridized carbons (Fsp3) is 0.217. The largest absolute Gasteiger partial charge is 0.354 e.